The zero-order valence-corrected chi connectivity index (χ0v) is 16.0. The summed E-state index contributed by atoms with van der Waals surface area (Å²) in [7, 11) is -2.45. The maximum atomic E-state index is 12.5. The van der Waals surface area contributed by atoms with Crippen LogP contribution in [0.4, 0.5) is 0 Å². The number of halogens is 1. The quantitative estimate of drug-likeness (QED) is 0.736. The molecule has 0 aliphatic heterocycles. The summed E-state index contributed by atoms with van der Waals surface area (Å²) in [6.45, 7) is 1.98. The average molecular weight is 398 g/mol. The number of nitrogens with one attached hydrogen (secondary N) is 1. The van der Waals surface area contributed by atoms with Gasteiger partial charge in [0.2, 0.25) is 15.9 Å². The summed E-state index contributed by atoms with van der Waals surface area (Å²) in [6, 6.07) is 9.77. The Kier molecular flexibility index (Phi) is 6.96. The van der Waals surface area contributed by atoms with E-state index in [9.17, 15) is 13.2 Å². The van der Waals surface area contributed by atoms with E-state index in [2.05, 4.69) is 9.71 Å². The fraction of sp³-hybridized carbons (Fsp3) is 0.294. The van der Waals surface area contributed by atoms with Gasteiger partial charge in [0.05, 0.1) is 19.3 Å². The number of methoxy groups -OCH3 is 1. The third-order valence-electron chi connectivity index (χ3n) is 3.61. The molecule has 9 heteroatoms. The number of pyridine rings is 1. The average Bonchev–Trinajstić information content (AvgIpc) is 2.61. The molecule has 0 aliphatic rings. The molecule has 0 spiro atoms. The van der Waals surface area contributed by atoms with Crippen molar-refractivity contribution in [3.05, 3.63) is 53.3 Å². The summed E-state index contributed by atoms with van der Waals surface area (Å²) in [5.74, 6) is 0.0222. The van der Waals surface area contributed by atoms with Crippen molar-refractivity contribution < 1.29 is 17.9 Å². The standard InChI is InChI=1S/C17H20ClN3O4S/c1-13(22)21(12-15-5-3-4-8-19-15)10-9-20-26(23,24)17-11-14(18)6-7-16(17)25-2/h3-8,11,20H,9-10,12H2,1-2H3. The highest BCUT2D eigenvalue weighted by Crippen LogP contribution is 2.26. The Balaban J connectivity index is 2.04. The van der Waals surface area contributed by atoms with Crippen molar-refractivity contribution in [2.24, 2.45) is 0 Å². The third-order valence-corrected chi connectivity index (χ3v) is 5.33. The molecule has 1 amide bonds. The van der Waals surface area contributed by atoms with Gasteiger partial charge in [-0.05, 0) is 30.3 Å². The van der Waals surface area contributed by atoms with Crippen LogP contribution >= 0.6 is 11.6 Å². The summed E-state index contributed by atoms with van der Waals surface area (Å²) in [5.41, 5.74) is 0.724. The molecule has 2 rings (SSSR count). The predicted octanol–water partition coefficient (Wildman–Crippen LogP) is 2.07. The van der Waals surface area contributed by atoms with Crippen LogP contribution in [0.3, 0.4) is 0 Å². The minimum Gasteiger partial charge on any atom is -0.495 e. The van der Waals surface area contributed by atoms with Crippen molar-refractivity contribution in [3.63, 3.8) is 0 Å². The highest BCUT2D eigenvalue weighted by atomic mass is 35.5. The van der Waals surface area contributed by atoms with Crippen LogP contribution in [0.2, 0.25) is 5.02 Å². The molecule has 0 aliphatic carbocycles. The van der Waals surface area contributed by atoms with Crippen LogP contribution in [0.1, 0.15) is 12.6 Å². The number of benzene rings is 1. The maximum Gasteiger partial charge on any atom is 0.244 e. The molecule has 0 atom stereocenters. The van der Waals surface area contributed by atoms with Gasteiger partial charge in [-0.15, -0.1) is 0 Å². The summed E-state index contributed by atoms with van der Waals surface area (Å²) >= 11 is 5.89. The Morgan fingerprint density at radius 3 is 2.69 bits per heavy atom. The number of carbonyl (C=O) groups is 1. The van der Waals surface area contributed by atoms with E-state index in [4.69, 9.17) is 16.3 Å². The lowest BCUT2D eigenvalue weighted by Crippen LogP contribution is -2.37. The normalized spacial score (nSPS) is 11.2. The number of aromatic nitrogens is 1. The zero-order valence-electron chi connectivity index (χ0n) is 14.5. The first-order valence-corrected chi connectivity index (χ1v) is 9.68. The van der Waals surface area contributed by atoms with Crippen LogP contribution < -0.4 is 9.46 Å². The van der Waals surface area contributed by atoms with E-state index in [-0.39, 0.29) is 34.7 Å². The predicted molar refractivity (Wildman–Crippen MR) is 98.5 cm³/mol. The van der Waals surface area contributed by atoms with Crippen LogP contribution in [0.25, 0.3) is 0 Å². The molecule has 1 heterocycles. The van der Waals surface area contributed by atoms with Crippen LogP contribution in [-0.2, 0) is 21.4 Å². The van der Waals surface area contributed by atoms with Crippen molar-refractivity contribution >= 4 is 27.5 Å². The molecule has 26 heavy (non-hydrogen) atoms. The summed E-state index contributed by atoms with van der Waals surface area (Å²) in [5, 5.41) is 0.284. The second-order valence-corrected chi connectivity index (χ2v) is 7.63. The Morgan fingerprint density at radius 2 is 2.08 bits per heavy atom. The number of hydrogen-bond donors (Lipinski definition) is 1. The Bertz CT molecular complexity index is 860. The topological polar surface area (TPSA) is 88.6 Å². The van der Waals surface area contributed by atoms with Gasteiger partial charge >= 0.3 is 0 Å². The van der Waals surface area contributed by atoms with E-state index in [1.165, 1.54) is 31.1 Å². The number of hydrogen-bond acceptors (Lipinski definition) is 5. The number of sulfonamides is 1. The SMILES string of the molecule is COc1ccc(Cl)cc1S(=O)(=O)NCCN(Cc1ccccn1)C(C)=O. The van der Waals surface area contributed by atoms with Crippen LogP contribution in [0, 0.1) is 0 Å². The van der Waals surface area contributed by atoms with Crippen molar-refractivity contribution in [1.29, 1.82) is 0 Å². The first-order valence-electron chi connectivity index (χ1n) is 7.82. The number of amides is 1. The molecule has 140 valence electrons. The molecule has 7 nitrogen and oxygen atoms in total. The van der Waals surface area contributed by atoms with Crippen LogP contribution in [0.15, 0.2) is 47.5 Å². The number of nitrogens with zero attached hydrogens (tertiary/aromatic N) is 2. The van der Waals surface area contributed by atoms with Gasteiger partial charge in [0.15, 0.2) is 0 Å². The van der Waals surface area contributed by atoms with Crippen molar-refractivity contribution in [2.45, 2.75) is 18.4 Å². The zero-order chi connectivity index (χ0) is 19.2. The number of ether oxygens (including phenoxy) is 1. The van der Waals surface area contributed by atoms with Gasteiger partial charge in [-0.3, -0.25) is 9.78 Å². The Morgan fingerprint density at radius 1 is 1.31 bits per heavy atom. The molecule has 0 radical (unpaired) electrons. The van der Waals surface area contributed by atoms with Crippen LogP contribution in [-0.4, -0.2) is 44.4 Å². The van der Waals surface area contributed by atoms with Crippen molar-refractivity contribution in [1.82, 2.24) is 14.6 Å². The van der Waals surface area contributed by atoms with Crippen molar-refractivity contribution in [3.8, 4) is 5.75 Å². The van der Waals surface area contributed by atoms with Crippen molar-refractivity contribution in [2.75, 3.05) is 20.2 Å². The largest absolute Gasteiger partial charge is 0.495 e. The van der Waals surface area contributed by atoms with Gasteiger partial charge in [-0.1, -0.05) is 17.7 Å². The molecule has 1 N–H and O–H groups in total. The highest BCUT2D eigenvalue weighted by Gasteiger charge is 2.20. The van der Waals surface area contributed by atoms with Gasteiger partial charge in [0.1, 0.15) is 10.6 Å². The smallest absolute Gasteiger partial charge is 0.244 e. The summed E-state index contributed by atoms with van der Waals surface area (Å²) in [4.78, 5) is 17.4. The van der Waals surface area contributed by atoms with Gasteiger partial charge in [0, 0.05) is 31.2 Å². The summed E-state index contributed by atoms with van der Waals surface area (Å²) in [6.07, 6.45) is 1.64. The molecule has 0 bridgehead atoms. The van der Waals surface area contributed by atoms with E-state index in [1.54, 1.807) is 24.4 Å². The van der Waals surface area contributed by atoms with E-state index in [0.717, 1.165) is 5.69 Å². The monoisotopic (exact) mass is 397 g/mol. The van der Waals surface area contributed by atoms with Crippen LogP contribution in [0.5, 0.6) is 5.75 Å². The van der Waals surface area contributed by atoms with E-state index in [1.807, 2.05) is 6.07 Å². The molecule has 1 aromatic heterocycles. The molecular formula is C17H20ClN3O4S. The minimum atomic E-state index is -3.83. The van der Waals surface area contributed by atoms with Gasteiger partial charge in [-0.2, -0.15) is 0 Å². The van der Waals surface area contributed by atoms with Gasteiger partial charge < -0.3 is 9.64 Å². The molecular weight excluding hydrogens is 378 g/mol. The second-order valence-electron chi connectivity index (χ2n) is 5.45. The fourth-order valence-electron chi connectivity index (χ4n) is 2.29. The summed E-state index contributed by atoms with van der Waals surface area (Å²) < 4.78 is 32.6. The maximum absolute atomic E-state index is 12.5. The Labute approximate surface area is 158 Å². The first kappa shape index (κ1) is 20.2. The molecule has 0 saturated carbocycles. The lowest BCUT2D eigenvalue weighted by Gasteiger charge is -2.21. The van der Waals surface area contributed by atoms with E-state index in [0.29, 0.717) is 6.54 Å². The van der Waals surface area contributed by atoms with E-state index < -0.39 is 10.0 Å². The fourth-order valence-corrected chi connectivity index (χ4v) is 3.74. The molecule has 0 fully saturated rings. The molecule has 2 aromatic rings. The molecule has 0 unspecified atom stereocenters. The lowest BCUT2D eigenvalue weighted by molar-refractivity contribution is -0.129. The highest BCUT2D eigenvalue weighted by molar-refractivity contribution is 7.89. The Hall–Kier alpha value is -2.16. The minimum absolute atomic E-state index is 0.0460. The lowest BCUT2D eigenvalue weighted by atomic mass is 10.3. The molecule has 1 aromatic carbocycles. The molecule has 0 saturated heterocycles. The second kappa shape index (κ2) is 8.98. The first-order chi connectivity index (χ1) is 12.3. The number of carbonyl (C=O) groups excluding carboxylic acids is 1. The van der Waals surface area contributed by atoms with E-state index >= 15 is 0 Å². The third kappa shape index (κ3) is 5.42. The van der Waals surface area contributed by atoms with Gasteiger partial charge in [-0.25, -0.2) is 13.1 Å². The number of rotatable bonds is 8. The van der Waals surface area contributed by atoms with Gasteiger partial charge in [0.25, 0.3) is 0 Å².